The number of fused-ring (bicyclic) bond motifs is 3. The van der Waals surface area contributed by atoms with E-state index in [1.54, 1.807) is 0 Å². The van der Waals surface area contributed by atoms with Crippen molar-refractivity contribution in [1.29, 1.82) is 0 Å². The quantitative estimate of drug-likeness (QED) is 0.651. The Labute approximate surface area is 125 Å². The second kappa shape index (κ2) is 4.66. The predicted octanol–water partition coefficient (Wildman–Crippen LogP) is 4.05. The SMILES string of the molecule is Cc1ccc(N2CCc3c(n(C)c4ccccc34)C2)cc1. The normalized spacial score (nSPS) is 14.5. The molecule has 0 amide bonds. The van der Waals surface area contributed by atoms with Gasteiger partial charge in [-0.2, -0.15) is 0 Å². The number of aryl methyl sites for hydroxylation is 2. The molecular weight excluding hydrogens is 256 g/mol. The van der Waals surface area contributed by atoms with E-state index >= 15 is 0 Å². The molecule has 0 atom stereocenters. The minimum absolute atomic E-state index is 1.00. The van der Waals surface area contributed by atoms with Crippen LogP contribution in [0.2, 0.25) is 0 Å². The number of hydrogen-bond acceptors (Lipinski definition) is 1. The fourth-order valence-electron chi connectivity index (χ4n) is 3.49. The Kier molecular flexibility index (Phi) is 2.78. The molecule has 2 aromatic carbocycles. The lowest BCUT2D eigenvalue weighted by molar-refractivity contribution is 0.689. The van der Waals surface area contributed by atoms with Crippen LogP contribution in [0.4, 0.5) is 5.69 Å². The molecule has 0 aliphatic carbocycles. The monoisotopic (exact) mass is 276 g/mol. The molecule has 3 aromatic rings. The molecule has 0 unspecified atom stereocenters. The van der Waals surface area contributed by atoms with Gasteiger partial charge >= 0.3 is 0 Å². The van der Waals surface area contributed by atoms with Crippen LogP contribution >= 0.6 is 0 Å². The Morgan fingerprint density at radius 2 is 1.71 bits per heavy atom. The van der Waals surface area contributed by atoms with E-state index in [4.69, 9.17) is 0 Å². The van der Waals surface area contributed by atoms with Crippen molar-refractivity contribution in [2.24, 2.45) is 7.05 Å². The van der Waals surface area contributed by atoms with Gasteiger partial charge in [-0.05, 0) is 37.1 Å². The number of aromatic nitrogens is 1. The van der Waals surface area contributed by atoms with Crippen LogP contribution in [0, 0.1) is 6.92 Å². The first-order chi connectivity index (χ1) is 10.2. The Bertz CT molecular complexity index is 796. The molecule has 2 heteroatoms. The van der Waals surface area contributed by atoms with Crippen LogP contribution in [0.1, 0.15) is 16.8 Å². The largest absolute Gasteiger partial charge is 0.365 e. The average molecular weight is 276 g/mol. The summed E-state index contributed by atoms with van der Waals surface area (Å²) in [6, 6.07) is 17.6. The summed E-state index contributed by atoms with van der Waals surface area (Å²) in [5.74, 6) is 0. The van der Waals surface area contributed by atoms with Crippen molar-refractivity contribution in [3.63, 3.8) is 0 Å². The van der Waals surface area contributed by atoms with Crippen LogP contribution in [0.25, 0.3) is 10.9 Å². The smallest absolute Gasteiger partial charge is 0.0585 e. The van der Waals surface area contributed by atoms with Gasteiger partial charge in [-0.1, -0.05) is 35.9 Å². The number of para-hydroxylation sites is 1. The molecule has 0 N–H and O–H groups in total. The molecule has 2 nitrogen and oxygen atoms in total. The first-order valence-electron chi connectivity index (χ1n) is 7.61. The van der Waals surface area contributed by atoms with E-state index in [1.165, 1.54) is 33.4 Å². The molecule has 21 heavy (non-hydrogen) atoms. The molecule has 1 aromatic heterocycles. The van der Waals surface area contributed by atoms with Gasteiger partial charge in [0.2, 0.25) is 0 Å². The van der Waals surface area contributed by atoms with Crippen molar-refractivity contribution in [2.75, 3.05) is 11.4 Å². The molecule has 0 saturated carbocycles. The molecule has 0 radical (unpaired) electrons. The van der Waals surface area contributed by atoms with Crippen LogP contribution in [-0.4, -0.2) is 11.1 Å². The fourth-order valence-corrected chi connectivity index (χ4v) is 3.49. The summed E-state index contributed by atoms with van der Waals surface area (Å²) in [4.78, 5) is 2.49. The highest BCUT2D eigenvalue weighted by atomic mass is 15.2. The van der Waals surface area contributed by atoms with Crippen molar-refractivity contribution in [2.45, 2.75) is 19.9 Å². The van der Waals surface area contributed by atoms with Crippen molar-refractivity contribution < 1.29 is 0 Å². The van der Waals surface area contributed by atoms with Crippen molar-refractivity contribution in [1.82, 2.24) is 4.57 Å². The molecular formula is C19H20N2. The van der Waals surface area contributed by atoms with Gasteiger partial charge in [0.25, 0.3) is 0 Å². The maximum Gasteiger partial charge on any atom is 0.0585 e. The minimum atomic E-state index is 1.00. The van der Waals surface area contributed by atoms with Gasteiger partial charge in [0, 0.05) is 35.9 Å². The van der Waals surface area contributed by atoms with Gasteiger partial charge in [-0.15, -0.1) is 0 Å². The van der Waals surface area contributed by atoms with Gasteiger partial charge in [-0.3, -0.25) is 0 Å². The maximum absolute atomic E-state index is 2.49. The van der Waals surface area contributed by atoms with E-state index in [0.29, 0.717) is 0 Å². The van der Waals surface area contributed by atoms with Crippen LogP contribution in [0.3, 0.4) is 0 Å². The highest BCUT2D eigenvalue weighted by Crippen LogP contribution is 2.31. The third-order valence-corrected chi connectivity index (χ3v) is 4.72. The zero-order valence-corrected chi connectivity index (χ0v) is 12.6. The Balaban J connectivity index is 1.76. The zero-order valence-electron chi connectivity index (χ0n) is 12.6. The summed E-state index contributed by atoms with van der Waals surface area (Å²) in [6.45, 7) is 4.25. The third kappa shape index (κ3) is 1.94. The second-order valence-corrected chi connectivity index (χ2v) is 6.01. The second-order valence-electron chi connectivity index (χ2n) is 6.01. The average Bonchev–Trinajstić information content (AvgIpc) is 2.81. The minimum Gasteiger partial charge on any atom is -0.365 e. The molecule has 4 rings (SSSR count). The summed E-state index contributed by atoms with van der Waals surface area (Å²) in [5, 5.41) is 1.43. The fraction of sp³-hybridized carbons (Fsp3) is 0.263. The molecule has 2 heterocycles. The molecule has 0 spiro atoms. The van der Waals surface area contributed by atoms with E-state index in [2.05, 4.69) is 72.0 Å². The maximum atomic E-state index is 2.49. The van der Waals surface area contributed by atoms with E-state index in [0.717, 1.165) is 19.5 Å². The van der Waals surface area contributed by atoms with Crippen molar-refractivity contribution >= 4 is 16.6 Å². The van der Waals surface area contributed by atoms with Crippen LogP contribution in [0.15, 0.2) is 48.5 Å². The number of hydrogen-bond donors (Lipinski definition) is 0. The lowest BCUT2D eigenvalue weighted by Gasteiger charge is -2.30. The lowest BCUT2D eigenvalue weighted by Crippen LogP contribution is -2.31. The summed E-state index contributed by atoms with van der Waals surface area (Å²) in [6.07, 6.45) is 1.13. The summed E-state index contributed by atoms with van der Waals surface area (Å²) >= 11 is 0. The molecule has 0 fully saturated rings. The molecule has 0 saturated heterocycles. The van der Waals surface area contributed by atoms with Gasteiger partial charge < -0.3 is 9.47 Å². The van der Waals surface area contributed by atoms with Crippen LogP contribution in [0.5, 0.6) is 0 Å². The highest BCUT2D eigenvalue weighted by Gasteiger charge is 2.22. The molecule has 1 aliphatic heterocycles. The number of anilines is 1. The van der Waals surface area contributed by atoms with Gasteiger partial charge in [0.15, 0.2) is 0 Å². The van der Waals surface area contributed by atoms with Gasteiger partial charge in [0.1, 0.15) is 0 Å². The Morgan fingerprint density at radius 3 is 2.52 bits per heavy atom. The van der Waals surface area contributed by atoms with E-state index in [-0.39, 0.29) is 0 Å². The predicted molar refractivity (Wildman–Crippen MR) is 88.9 cm³/mol. The number of benzene rings is 2. The zero-order chi connectivity index (χ0) is 14.4. The summed E-state index contributed by atoms with van der Waals surface area (Å²) in [5.41, 5.74) is 7.00. The molecule has 0 bridgehead atoms. The summed E-state index contributed by atoms with van der Waals surface area (Å²) < 4.78 is 2.37. The van der Waals surface area contributed by atoms with E-state index < -0.39 is 0 Å². The standard InChI is InChI=1S/C19H20N2/c1-14-7-9-15(10-8-14)21-12-11-17-16-5-3-4-6-18(16)20(2)19(17)13-21/h3-10H,11-13H2,1-2H3. The van der Waals surface area contributed by atoms with E-state index in [1.807, 2.05) is 0 Å². The van der Waals surface area contributed by atoms with Crippen LogP contribution < -0.4 is 4.90 Å². The lowest BCUT2D eigenvalue weighted by atomic mass is 10.0. The Hall–Kier alpha value is -2.22. The number of nitrogens with zero attached hydrogens (tertiary/aromatic N) is 2. The van der Waals surface area contributed by atoms with Crippen molar-refractivity contribution in [3.05, 3.63) is 65.4 Å². The topological polar surface area (TPSA) is 8.17 Å². The molecule has 106 valence electrons. The molecule has 1 aliphatic rings. The highest BCUT2D eigenvalue weighted by molar-refractivity contribution is 5.86. The first-order valence-corrected chi connectivity index (χ1v) is 7.61. The summed E-state index contributed by atoms with van der Waals surface area (Å²) in [7, 11) is 2.19. The van der Waals surface area contributed by atoms with E-state index in [9.17, 15) is 0 Å². The Morgan fingerprint density at radius 1 is 0.952 bits per heavy atom. The van der Waals surface area contributed by atoms with Gasteiger partial charge in [-0.25, -0.2) is 0 Å². The van der Waals surface area contributed by atoms with Crippen LogP contribution in [-0.2, 0) is 20.0 Å². The van der Waals surface area contributed by atoms with Gasteiger partial charge in [0.05, 0.1) is 6.54 Å². The first kappa shape index (κ1) is 12.5. The number of rotatable bonds is 1. The third-order valence-electron chi connectivity index (χ3n) is 4.72. The van der Waals surface area contributed by atoms with Crippen molar-refractivity contribution in [3.8, 4) is 0 Å².